The molecule has 0 radical (unpaired) electrons. The highest BCUT2D eigenvalue weighted by Crippen LogP contribution is 2.31. The molecule has 0 saturated heterocycles. The standard InChI is InChI=1S/C22H22ClN3O2/c1-14-19(23)3-2-4-20(14)26-22(28)17-9-7-16(8-10-17)21(27)25-18-11-5-15(13-24)6-12-18/h2-6,11-12,16-17H,7-10H2,1H3,(H,25,27)(H,26,28). The summed E-state index contributed by atoms with van der Waals surface area (Å²) in [5.41, 5.74) is 2.82. The summed E-state index contributed by atoms with van der Waals surface area (Å²) >= 11 is 6.11. The van der Waals surface area contributed by atoms with Gasteiger partial charge in [0.05, 0.1) is 11.6 Å². The largest absolute Gasteiger partial charge is 0.326 e. The lowest BCUT2D eigenvalue weighted by Gasteiger charge is -2.27. The Hall–Kier alpha value is -2.84. The summed E-state index contributed by atoms with van der Waals surface area (Å²) in [6.45, 7) is 1.88. The molecule has 0 unspecified atom stereocenters. The van der Waals surface area contributed by atoms with Gasteiger partial charge in [0.1, 0.15) is 0 Å². The zero-order chi connectivity index (χ0) is 20.1. The molecule has 2 aromatic carbocycles. The number of benzene rings is 2. The molecule has 1 saturated carbocycles. The number of hydrogen-bond acceptors (Lipinski definition) is 3. The van der Waals surface area contributed by atoms with Crippen LogP contribution in [0.25, 0.3) is 0 Å². The van der Waals surface area contributed by atoms with E-state index in [0.29, 0.717) is 42.0 Å². The zero-order valence-corrected chi connectivity index (χ0v) is 16.4. The smallest absolute Gasteiger partial charge is 0.227 e. The van der Waals surface area contributed by atoms with Crippen molar-refractivity contribution in [3.63, 3.8) is 0 Å². The fraction of sp³-hybridized carbons (Fsp3) is 0.318. The van der Waals surface area contributed by atoms with Gasteiger partial charge in [-0.25, -0.2) is 0 Å². The summed E-state index contributed by atoms with van der Waals surface area (Å²) in [4.78, 5) is 25.1. The maximum Gasteiger partial charge on any atom is 0.227 e. The number of carbonyl (C=O) groups excluding carboxylic acids is 2. The molecule has 0 heterocycles. The van der Waals surface area contributed by atoms with Gasteiger partial charge in [-0.05, 0) is 74.6 Å². The monoisotopic (exact) mass is 395 g/mol. The highest BCUT2D eigenvalue weighted by molar-refractivity contribution is 6.31. The maximum absolute atomic E-state index is 12.6. The molecule has 0 spiro atoms. The lowest BCUT2D eigenvalue weighted by molar-refractivity contribution is -0.125. The third-order valence-corrected chi connectivity index (χ3v) is 5.69. The van der Waals surface area contributed by atoms with E-state index in [-0.39, 0.29) is 23.7 Å². The normalized spacial score (nSPS) is 18.8. The highest BCUT2D eigenvalue weighted by atomic mass is 35.5. The zero-order valence-electron chi connectivity index (χ0n) is 15.7. The Balaban J connectivity index is 1.52. The Bertz CT molecular complexity index is 910. The fourth-order valence-electron chi connectivity index (χ4n) is 3.47. The average Bonchev–Trinajstić information content (AvgIpc) is 2.72. The van der Waals surface area contributed by atoms with E-state index in [1.54, 1.807) is 30.3 Å². The van der Waals surface area contributed by atoms with Gasteiger partial charge in [-0.15, -0.1) is 0 Å². The Labute approximate surface area is 169 Å². The van der Waals surface area contributed by atoms with Crippen molar-refractivity contribution in [3.05, 3.63) is 58.6 Å². The molecule has 2 aromatic rings. The SMILES string of the molecule is Cc1c(Cl)cccc1NC(=O)C1CCC(C(=O)Nc2ccc(C#N)cc2)CC1. The Morgan fingerprint density at radius 2 is 1.54 bits per heavy atom. The van der Waals surface area contributed by atoms with Crippen LogP contribution in [0.4, 0.5) is 11.4 Å². The van der Waals surface area contributed by atoms with Crippen molar-refractivity contribution >= 4 is 34.8 Å². The van der Waals surface area contributed by atoms with Crippen LogP contribution in [0.15, 0.2) is 42.5 Å². The van der Waals surface area contributed by atoms with Gasteiger partial charge in [-0.3, -0.25) is 9.59 Å². The van der Waals surface area contributed by atoms with Crippen LogP contribution in [0.5, 0.6) is 0 Å². The maximum atomic E-state index is 12.6. The van der Waals surface area contributed by atoms with Gasteiger partial charge in [-0.1, -0.05) is 17.7 Å². The minimum atomic E-state index is -0.104. The molecule has 1 fully saturated rings. The number of amides is 2. The Morgan fingerprint density at radius 3 is 2.11 bits per heavy atom. The van der Waals surface area contributed by atoms with Crippen LogP contribution in [0.3, 0.4) is 0 Å². The van der Waals surface area contributed by atoms with E-state index in [2.05, 4.69) is 16.7 Å². The van der Waals surface area contributed by atoms with E-state index >= 15 is 0 Å². The second kappa shape index (κ2) is 8.90. The van der Waals surface area contributed by atoms with Crippen LogP contribution in [-0.4, -0.2) is 11.8 Å². The number of carbonyl (C=O) groups is 2. The summed E-state index contributed by atoms with van der Waals surface area (Å²) in [5.74, 6) is -0.254. The molecule has 5 nitrogen and oxygen atoms in total. The minimum absolute atomic E-state index is 0.0173. The van der Waals surface area contributed by atoms with E-state index in [1.807, 2.05) is 19.1 Å². The Morgan fingerprint density at radius 1 is 0.964 bits per heavy atom. The minimum Gasteiger partial charge on any atom is -0.326 e. The van der Waals surface area contributed by atoms with Crippen LogP contribution in [-0.2, 0) is 9.59 Å². The molecule has 0 bridgehead atoms. The van der Waals surface area contributed by atoms with Crippen LogP contribution in [0, 0.1) is 30.1 Å². The van der Waals surface area contributed by atoms with Gasteiger partial charge in [-0.2, -0.15) is 5.26 Å². The molecule has 2 amide bonds. The quantitative estimate of drug-likeness (QED) is 0.772. The molecule has 0 aliphatic heterocycles. The van der Waals surface area contributed by atoms with Crippen molar-refractivity contribution in [2.45, 2.75) is 32.6 Å². The van der Waals surface area contributed by atoms with Crippen LogP contribution in [0.2, 0.25) is 5.02 Å². The topological polar surface area (TPSA) is 82.0 Å². The van der Waals surface area contributed by atoms with Gasteiger partial charge in [0, 0.05) is 28.2 Å². The van der Waals surface area contributed by atoms with Gasteiger partial charge in [0.15, 0.2) is 0 Å². The molecule has 1 aliphatic rings. The first-order chi connectivity index (χ1) is 13.5. The second-order valence-electron chi connectivity index (χ2n) is 7.13. The van der Waals surface area contributed by atoms with Crippen LogP contribution >= 0.6 is 11.6 Å². The number of hydrogen-bond donors (Lipinski definition) is 2. The van der Waals surface area contributed by atoms with Crippen LogP contribution < -0.4 is 10.6 Å². The lowest BCUT2D eigenvalue weighted by atomic mass is 9.81. The van der Waals surface area contributed by atoms with Crippen molar-refractivity contribution in [2.75, 3.05) is 10.6 Å². The Kier molecular flexibility index (Phi) is 6.33. The number of halogens is 1. The van der Waals surface area contributed by atoms with Gasteiger partial charge >= 0.3 is 0 Å². The van der Waals surface area contributed by atoms with E-state index in [1.165, 1.54) is 0 Å². The summed E-state index contributed by atoms with van der Waals surface area (Å²) in [6, 6.07) is 14.3. The molecule has 0 atom stereocenters. The molecular formula is C22H22ClN3O2. The average molecular weight is 396 g/mol. The van der Waals surface area contributed by atoms with Crippen molar-refractivity contribution in [3.8, 4) is 6.07 Å². The van der Waals surface area contributed by atoms with Crippen molar-refractivity contribution in [1.29, 1.82) is 5.26 Å². The number of anilines is 2. The van der Waals surface area contributed by atoms with Crippen molar-refractivity contribution in [1.82, 2.24) is 0 Å². The third kappa shape index (κ3) is 4.71. The molecule has 28 heavy (non-hydrogen) atoms. The van der Waals surface area contributed by atoms with E-state index in [0.717, 1.165) is 11.3 Å². The van der Waals surface area contributed by atoms with Gasteiger partial charge < -0.3 is 10.6 Å². The first-order valence-corrected chi connectivity index (χ1v) is 9.72. The van der Waals surface area contributed by atoms with Gasteiger partial charge in [0.2, 0.25) is 11.8 Å². The predicted molar refractivity (Wildman–Crippen MR) is 110 cm³/mol. The number of nitrogens with one attached hydrogen (secondary N) is 2. The number of nitrogens with zero attached hydrogens (tertiary/aromatic N) is 1. The summed E-state index contributed by atoms with van der Waals surface area (Å²) in [7, 11) is 0. The molecule has 3 rings (SSSR count). The highest BCUT2D eigenvalue weighted by Gasteiger charge is 2.30. The lowest BCUT2D eigenvalue weighted by Crippen LogP contribution is -2.32. The summed E-state index contributed by atoms with van der Waals surface area (Å²) in [6.07, 6.45) is 2.71. The van der Waals surface area contributed by atoms with Crippen molar-refractivity contribution < 1.29 is 9.59 Å². The summed E-state index contributed by atoms with van der Waals surface area (Å²) in [5, 5.41) is 15.3. The van der Waals surface area contributed by atoms with Crippen LogP contribution in [0.1, 0.15) is 36.8 Å². The van der Waals surface area contributed by atoms with E-state index in [4.69, 9.17) is 16.9 Å². The molecule has 2 N–H and O–H groups in total. The van der Waals surface area contributed by atoms with Crippen molar-refractivity contribution in [2.24, 2.45) is 11.8 Å². The molecule has 0 aromatic heterocycles. The van der Waals surface area contributed by atoms with E-state index in [9.17, 15) is 9.59 Å². The van der Waals surface area contributed by atoms with E-state index < -0.39 is 0 Å². The summed E-state index contributed by atoms with van der Waals surface area (Å²) < 4.78 is 0. The van der Waals surface area contributed by atoms with Gasteiger partial charge in [0.25, 0.3) is 0 Å². The molecule has 144 valence electrons. The first-order valence-electron chi connectivity index (χ1n) is 9.35. The molecule has 6 heteroatoms. The second-order valence-corrected chi connectivity index (χ2v) is 7.54. The molecular weight excluding hydrogens is 374 g/mol. The molecule has 1 aliphatic carbocycles. The fourth-order valence-corrected chi connectivity index (χ4v) is 3.64. The third-order valence-electron chi connectivity index (χ3n) is 5.28. The predicted octanol–water partition coefficient (Wildman–Crippen LogP) is 4.90. The number of rotatable bonds is 4. The number of nitriles is 1. The first kappa shape index (κ1) is 19.9.